The lowest BCUT2D eigenvalue weighted by Gasteiger charge is -2.14. The van der Waals surface area contributed by atoms with Gasteiger partial charge in [-0.15, -0.1) is 6.42 Å². The van der Waals surface area contributed by atoms with Gasteiger partial charge in [0.2, 0.25) is 0 Å². The summed E-state index contributed by atoms with van der Waals surface area (Å²) in [6, 6.07) is 10.3. The second-order valence-corrected chi connectivity index (χ2v) is 6.11. The van der Waals surface area contributed by atoms with Gasteiger partial charge in [-0.1, -0.05) is 12.0 Å². The fraction of sp³-hybridized carbons (Fsp3) is 0.263. The zero-order valence-corrected chi connectivity index (χ0v) is 15.2. The highest BCUT2D eigenvalue weighted by Gasteiger charge is 2.11. The van der Waals surface area contributed by atoms with E-state index in [0.29, 0.717) is 18.0 Å². The van der Waals surface area contributed by atoms with Gasteiger partial charge in [-0.3, -0.25) is 0 Å². The molecule has 0 aliphatic rings. The summed E-state index contributed by atoms with van der Waals surface area (Å²) in [5.74, 6) is 3.74. The molecule has 0 aromatic heterocycles. The van der Waals surface area contributed by atoms with Crippen LogP contribution in [-0.2, 0) is 6.54 Å². The molecule has 0 aliphatic heterocycles. The Morgan fingerprint density at radius 3 is 2.61 bits per heavy atom. The largest absolute Gasteiger partial charge is 0.493 e. The minimum atomic E-state index is 0.204. The molecular formula is C19H20BrNO2. The molecule has 0 saturated carbocycles. The molecule has 0 heterocycles. The minimum Gasteiger partial charge on any atom is -0.493 e. The number of benzene rings is 2. The van der Waals surface area contributed by atoms with E-state index in [0.717, 1.165) is 15.7 Å². The maximum atomic E-state index is 5.53. The third-order valence-electron chi connectivity index (χ3n) is 3.59. The first kappa shape index (κ1) is 17.2. The highest BCUT2D eigenvalue weighted by Crippen LogP contribution is 2.36. The van der Waals surface area contributed by atoms with Gasteiger partial charge in [-0.2, -0.15) is 0 Å². The van der Waals surface area contributed by atoms with E-state index in [1.54, 1.807) is 7.11 Å². The SMILES string of the molecule is C#CCOc1c(Br)cc(CNc2ccc(C)c(C)c2)cc1OC. The van der Waals surface area contributed by atoms with Crippen LogP contribution in [0, 0.1) is 26.2 Å². The van der Waals surface area contributed by atoms with E-state index >= 15 is 0 Å². The fourth-order valence-electron chi connectivity index (χ4n) is 2.18. The second-order valence-electron chi connectivity index (χ2n) is 5.25. The molecule has 0 amide bonds. The monoisotopic (exact) mass is 373 g/mol. The molecule has 2 rings (SSSR count). The summed E-state index contributed by atoms with van der Waals surface area (Å²) in [5.41, 5.74) is 4.73. The summed E-state index contributed by atoms with van der Waals surface area (Å²) in [7, 11) is 1.62. The van der Waals surface area contributed by atoms with Gasteiger partial charge in [0.05, 0.1) is 11.6 Å². The lowest BCUT2D eigenvalue weighted by molar-refractivity contribution is 0.328. The Bertz CT molecular complexity index is 735. The third kappa shape index (κ3) is 4.43. The molecule has 0 radical (unpaired) electrons. The first-order valence-electron chi connectivity index (χ1n) is 7.29. The molecule has 2 aromatic rings. The van der Waals surface area contributed by atoms with Crippen LogP contribution in [0.5, 0.6) is 11.5 Å². The van der Waals surface area contributed by atoms with Gasteiger partial charge in [0, 0.05) is 12.2 Å². The summed E-state index contributed by atoms with van der Waals surface area (Å²) < 4.78 is 11.7. The molecule has 0 bridgehead atoms. The average molecular weight is 374 g/mol. The topological polar surface area (TPSA) is 30.5 Å². The maximum absolute atomic E-state index is 5.53. The van der Waals surface area contributed by atoms with Gasteiger partial charge in [0.15, 0.2) is 11.5 Å². The number of anilines is 1. The summed E-state index contributed by atoms with van der Waals surface area (Å²) >= 11 is 3.52. The summed E-state index contributed by atoms with van der Waals surface area (Å²) in [4.78, 5) is 0. The van der Waals surface area contributed by atoms with Gasteiger partial charge in [0.1, 0.15) is 6.61 Å². The molecule has 4 heteroatoms. The van der Waals surface area contributed by atoms with Crippen molar-refractivity contribution >= 4 is 21.6 Å². The van der Waals surface area contributed by atoms with Crippen molar-refractivity contribution in [3.8, 4) is 23.8 Å². The zero-order chi connectivity index (χ0) is 16.8. The summed E-state index contributed by atoms with van der Waals surface area (Å²) in [6.07, 6.45) is 5.24. The Kier molecular flexibility index (Phi) is 5.95. The molecule has 2 aromatic carbocycles. The number of halogens is 1. The molecular weight excluding hydrogens is 354 g/mol. The number of hydrogen-bond acceptors (Lipinski definition) is 3. The second kappa shape index (κ2) is 7.94. The summed E-state index contributed by atoms with van der Waals surface area (Å²) in [5, 5.41) is 3.42. The Balaban J connectivity index is 2.15. The molecule has 3 nitrogen and oxygen atoms in total. The quantitative estimate of drug-likeness (QED) is 0.744. The van der Waals surface area contributed by atoms with Crippen molar-refractivity contribution < 1.29 is 9.47 Å². The van der Waals surface area contributed by atoms with Crippen molar-refractivity contribution in [2.24, 2.45) is 0 Å². The van der Waals surface area contributed by atoms with E-state index in [9.17, 15) is 0 Å². The number of rotatable bonds is 6. The molecule has 0 fully saturated rings. The Hall–Kier alpha value is -2.12. The van der Waals surface area contributed by atoms with Gasteiger partial charge >= 0.3 is 0 Å². The van der Waals surface area contributed by atoms with E-state index < -0.39 is 0 Å². The van der Waals surface area contributed by atoms with Crippen LogP contribution >= 0.6 is 15.9 Å². The smallest absolute Gasteiger partial charge is 0.176 e. The van der Waals surface area contributed by atoms with Crippen molar-refractivity contribution in [1.82, 2.24) is 0 Å². The predicted octanol–water partition coefficient (Wildman–Crippen LogP) is 4.70. The fourth-order valence-corrected chi connectivity index (χ4v) is 2.79. The van der Waals surface area contributed by atoms with E-state index in [4.69, 9.17) is 15.9 Å². The van der Waals surface area contributed by atoms with Crippen LogP contribution in [-0.4, -0.2) is 13.7 Å². The molecule has 23 heavy (non-hydrogen) atoms. The number of hydrogen-bond donors (Lipinski definition) is 1. The first-order valence-corrected chi connectivity index (χ1v) is 8.08. The van der Waals surface area contributed by atoms with Crippen LogP contribution < -0.4 is 14.8 Å². The Labute approximate surface area is 146 Å². The van der Waals surface area contributed by atoms with Crippen molar-refractivity contribution in [2.45, 2.75) is 20.4 Å². The molecule has 0 atom stereocenters. The molecule has 0 saturated heterocycles. The normalized spacial score (nSPS) is 10.0. The third-order valence-corrected chi connectivity index (χ3v) is 4.18. The Morgan fingerprint density at radius 2 is 1.96 bits per heavy atom. The highest BCUT2D eigenvalue weighted by molar-refractivity contribution is 9.10. The van der Waals surface area contributed by atoms with Gasteiger partial charge in [-0.25, -0.2) is 0 Å². The molecule has 0 unspecified atom stereocenters. The number of methoxy groups -OCH3 is 1. The van der Waals surface area contributed by atoms with Crippen LogP contribution in [0.4, 0.5) is 5.69 Å². The first-order chi connectivity index (χ1) is 11.0. The molecule has 0 spiro atoms. The molecule has 1 N–H and O–H groups in total. The van der Waals surface area contributed by atoms with E-state index in [1.165, 1.54) is 11.1 Å². The Morgan fingerprint density at radius 1 is 1.17 bits per heavy atom. The van der Waals surface area contributed by atoms with Gasteiger partial charge < -0.3 is 14.8 Å². The minimum absolute atomic E-state index is 0.204. The van der Waals surface area contributed by atoms with Gasteiger partial charge in [-0.05, 0) is 70.7 Å². The number of terminal acetylenes is 1. The van der Waals surface area contributed by atoms with Crippen LogP contribution in [0.15, 0.2) is 34.8 Å². The van der Waals surface area contributed by atoms with E-state index in [1.807, 2.05) is 12.1 Å². The van der Waals surface area contributed by atoms with Crippen LogP contribution in [0.2, 0.25) is 0 Å². The number of ether oxygens (including phenoxy) is 2. The number of aryl methyl sites for hydroxylation is 2. The van der Waals surface area contributed by atoms with E-state index in [2.05, 4.69) is 59.2 Å². The lowest BCUT2D eigenvalue weighted by Crippen LogP contribution is -2.03. The van der Waals surface area contributed by atoms with Crippen LogP contribution in [0.25, 0.3) is 0 Å². The van der Waals surface area contributed by atoms with Crippen LogP contribution in [0.1, 0.15) is 16.7 Å². The van der Waals surface area contributed by atoms with Crippen molar-refractivity contribution in [1.29, 1.82) is 0 Å². The van der Waals surface area contributed by atoms with Crippen LogP contribution in [0.3, 0.4) is 0 Å². The van der Waals surface area contributed by atoms with Crippen molar-refractivity contribution in [3.05, 3.63) is 51.5 Å². The van der Waals surface area contributed by atoms with Gasteiger partial charge in [0.25, 0.3) is 0 Å². The molecule has 120 valence electrons. The maximum Gasteiger partial charge on any atom is 0.176 e. The predicted molar refractivity (Wildman–Crippen MR) is 98.3 cm³/mol. The summed E-state index contributed by atoms with van der Waals surface area (Å²) in [6.45, 7) is 5.11. The standard InChI is InChI=1S/C19H20BrNO2/c1-5-8-23-19-17(20)10-15(11-18(19)22-4)12-21-16-7-6-13(2)14(3)9-16/h1,6-7,9-11,21H,8,12H2,2-4H3. The lowest BCUT2D eigenvalue weighted by atomic mass is 10.1. The van der Waals surface area contributed by atoms with E-state index in [-0.39, 0.29) is 6.61 Å². The molecule has 0 aliphatic carbocycles. The highest BCUT2D eigenvalue weighted by atomic mass is 79.9. The van der Waals surface area contributed by atoms with Crippen molar-refractivity contribution in [2.75, 3.05) is 19.0 Å². The zero-order valence-electron chi connectivity index (χ0n) is 13.6. The van der Waals surface area contributed by atoms with Crippen molar-refractivity contribution in [3.63, 3.8) is 0 Å². The number of nitrogens with one attached hydrogen (secondary N) is 1. The average Bonchev–Trinajstić information content (AvgIpc) is 2.54.